The van der Waals surface area contributed by atoms with Gasteiger partial charge in [0, 0.05) is 5.02 Å². The minimum absolute atomic E-state index is 0.246. The number of nitrogens with one attached hydrogen (secondary N) is 1. The van der Waals surface area contributed by atoms with Gasteiger partial charge in [0.1, 0.15) is 5.71 Å². The van der Waals surface area contributed by atoms with Crippen LogP contribution in [0.4, 0.5) is 0 Å². The lowest BCUT2D eigenvalue weighted by Crippen LogP contribution is -2.12. The second-order valence-electron chi connectivity index (χ2n) is 5.74. The van der Waals surface area contributed by atoms with Crippen LogP contribution in [0.5, 0.6) is 0 Å². The molecule has 1 aliphatic carbocycles. The van der Waals surface area contributed by atoms with E-state index in [0.29, 0.717) is 5.82 Å². The third-order valence-electron chi connectivity index (χ3n) is 4.17. The lowest BCUT2D eigenvalue weighted by atomic mass is 9.95. The van der Waals surface area contributed by atoms with E-state index in [1.807, 2.05) is 31.2 Å². The van der Waals surface area contributed by atoms with Crippen molar-refractivity contribution in [1.82, 2.24) is 10.1 Å². The summed E-state index contributed by atoms with van der Waals surface area (Å²) >= 11 is 6.32. The summed E-state index contributed by atoms with van der Waals surface area (Å²) in [5.41, 5.74) is 2.16. The monoisotopic (exact) mass is 315 g/mol. The molecule has 0 atom stereocenters. The van der Waals surface area contributed by atoms with Gasteiger partial charge in [-0.1, -0.05) is 47.5 Å². The molecule has 3 rings (SSSR count). The molecule has 22 heavy (non-hydrogen) atoms. The summed E-state index contributed by atoms with van der Waals surface area (Å²) in [5, 5.41) is 12.9. The van der Waals surface area contributed by atoms with Gasteiger partial charge in [0.15, 0.2) is 5.82 Å². The van der Waals surface area contributed by atoms with Gasteiger partial charge in [0.2, 0.25) is 0 Å². The highest BCUT2D eigenvalue weighted by molar-refractivity contribution is 6.31. The molecule has 1 aromatic heterocycles. The van der Waals surface area contributed by atoms with Gasteiger partial charge in [-0.15, -0.1) is 0 Å². The van der Waals surface area contributed by atoms with Crippen molar-refractivity contribution < 1.29 is 4.52 Å². The number of rotatable bonds is 5. The lowest BCUT2D eigenvalue weighted by molar-refractivity contribution is 0.400. The molecule has 1 saturated carbocycles. The van der Waals surface area contributed by atoms with Gasteiger partial charge in [0.05, 0.1) is 5.41 Å². The average Bonchev–Trinajstić information content (AvgIpc) is 3.16. The summed E-state index contributed by atoms with van der Waals surface area (Å²) in [6.45, 7) is 4.03. The average molecular weight is 316 g/mol. The molecule has 0 radical (unpaired) electrons. The van der Waals surface area contributed by atoms with Crippen LogP contribution in [0, 0.1) is 5.41 Å². The molecular weight excluding hydrogens is 298 g/mol. The number of halogens is 1. The largest absolute Gasteiger partial charge is 0.332 e. The fourth-order valence-electron chi connectivity index (χ4n) is 2.53. The summed E-state index contributed by atoms with van der Waals surface area (Å²) in [6.07, 6.45) is 4.57. The summed E-state index contributed by atoms with van der Waals surface area (Å²) in [5.74, 6) is 0.893. The molecule has 1 fully saturated rings. The van der Waals surface area contributed by atoms with Crippen molar-refractivity contribution in [2.45, 2.75) is 38.5 Å². The van der Waals surface area contributed by atoms with Crippen LogP contribution in [0.2, 0.25) is 5.02 Å². The normalized spacial score (nSPS) is 16.6. The first-order chi connectivity index (χ1) is 10.6. The molecule has 0 saturated heterocycles. The molecule has 1 aromatic carbocycles. The fourth-order valence-corrected chi connectivity index (χ4v) is 2.84. The molecule has 1 N–H and O–H groups in total. The first-order valence-corrected chi connectivity index (χ1v) is 7.80. The van der Waals surface area contributed by atoms with E-state index in [2.05, 4.69) is 17.1 Å². The van der Waals surface area contributed by atoms with Crippen molar-refractivity contribution in [3.63, 3.8) is 0 Å². The van der Waals surface area contributed by atoms with E-state index in [-0.39, 0.29) is 17.0 Å². The quantitative estimate of drug-likeness (QED) is 0.825. The van der Waals surface area contributed by atoms with Crippen LogP contribution in [0.1, 0.15) is 50.4 Å². The third kappa shape index (κ3) is 2.59. The Hall–Kier alpha value is -1.94. The van der Waals surface area contributed by atoms with E-state index in [9.17, 15) is 0 Å². The van der Waals surface area contributed by atoms with Gasteiger partial charge in [-0.25, -0.2) is 0 Å². The van der Waals surface area contributed by atoms with Gasteiger partial charge in [-0.05, 0) is 43.9 Å². The maximum absolute atomic E-state index is 8.05. The van der Waals surface area contributed by atoms with Crippen molar-refractivity contribution in [1.29, 1.82) is 5.41 Å². The van der Waals surface area contributed by atoms with E-state index in [4.69, 9.17) is 21.5 Å². The summed E-state index contributed by atoms with van der Waals surface area (Å²) < 4.78 is 5.29. The first-order valence-electron chi connectivity index (χ1n) is 7.42. The van der Waals surface area contributed by atoms with Gasteiger partial charge in [-0.3, -0.25) is 5.41 Å². The van der Waals surface area contributed by atoms with Crippen molar-refractivity contribution in [3.8, 4) is 0 Å². The zero-order valence-corrected chi connectivity index (χ0v) is 13.4. The topological polar surface area (TPSA) is 62.8 Å². The second kappa shape index (κ2) is 5.69. The van der Waals surface area contributed by atoms with Crippen molar-refractivity contribution in [3.05, 3.63) is 58.2 Å². The Labute approximate surface area is 134 Å². The minimum atomic E-state index is -0.246. The number of benzene rings is 1. The highest BCUT2D eigenvalue weighted by Gasteiger charge is 2.51. The molecule has 0 aliphatic heterocycles. The predicted molar refractivity (Wildman–Crippen MR) is 86.6 cm³/mol. The Balaban J connectivity index is 1.92. The van der Waals surface area contributed by atoms with Gasteiger partial charge < -0.3 is 4.52 Å². The maximum Gasteiger partial charge on any atom is 0.275 e. The van der Waals surface area contributed by atoms with Gasteiger partial charge in [-0.2, -0.15) is 4.98 Å². The highest BCUT2D eigenvalue weighted by Crippen LogP contribution is 2.54. The fraction of sp³-hybridized carbons (Fsp3) is 0.353. The number of nitrogens with zero attached hydrogens (tertiary/aromatic N) is 2. The second-order valence-corrected chi connectivity index (χ2v) is 6.15. The lowest BCUT2D eigenvalue weighted by Gasteiger charge is -2.12. The first kappa shape index (κ1) is 15.0. The predicted octanol–water partition coefficient (Wildman–Crippen LogP) is 4.53. The molecular formula is C17H18ClN3O. The number of hydrogen-bond donors (Lipinski definition) is 1. The zero-order chi connectivity index (χ0) is 15.7. The van der Waals surface area contributed by atoms with Crippen LogP contribution in [0.15, 0.2) is 40.4 Å². The molecule has 0 bridgehead atoms. The highest BCUT2D eigenvalue weighted by atomic mass is 35.5. The molecule has 0 spiro atoms. The van der Waals surface area contributed by atoms with Gasteiger partial charge in [0.25, 0.3) is 5.89 Å². The van der Waals surface area contributed by atoms with E-state index < -0.39 is 0 Å². The van der Waals surface area contributed by atoms with E-state index in [1.54, 1.807) is 6.08 Å². The Kier molecular flexibility index (Phi) is 3.87. The maximum atomic E-state index is 8.05. The van der Waals surface area contributed by atoms with Crippen LogP contribution in [0.25, 0.3) is 0 Å². The summed E-state index contributed by atoms with van der Waals surface area (Å²) in [4.78, 5) is 4.44. The minimum Gasteiger partial charge on any atom is -0.332 e. The Morgan fingerprint density at radius 3 is 2.77 bits per heavy atom. The molecule has 1 aliphatic rings. The van der Waals surface area contributed by atoms with Crippen LogP contribution in [0.3, 0.4) is 0 Å². The van der Waals surface area contributed by atoms with Crippen molar-refractivity contribution in [2.24, 2.45) is 0 Å². The molecule has 0 unspecified atom stereocenters. The Morgan fingerprint density at radius 1 is 1.41 bits per heavy atom. The van der Waals surface area contributed by atoms with Crippen LogP contribution in [-0.2, 0) is 5.41 Å². The van der Waals surface area contributed by atoms with Crippen LogP contribution < -0.4 is 0 Å². The summed E-state index contributed by atoms with van der Waals surface area (Å²) in [6, 6.07) is 7.78. The molecule has 114 valence electrons. The molecule has 1 heterocycles. The number of allylic oxidation sites excluding steroid dienone is 2. The molecule has 0 amide bonds. The van der Waals surface area contributed by atoms with E-state index >= 15 is 0 Å². The number of hydrogen-bond acceptors (Lipinski definition) is 4. The Bertz CT molecular complexity index is 744. The number of aromatic nitrogens is 2. The van der Waals surface area contributed by atoms with Gasteiger partial charge >= 0.3 is 0 Å². The van der Waals surface area contributed by atoms with E-state index in [0.717, 1.165) is 35.4 Å². The third-order valence-corrected chi connectivity index (χ3v) is 4.50. The summed E-state index contributed by atoms with van der Waals surface area (Å²) in [7, 11) is 0. The zero-order valence-electron chi connectivity index (χ0n) is 12.7. The van der Waals surface area contributed by atoms with E-state index in [1.165, 1.54) is 0 Å². The van der Waals surface area contributed by atoms with Crippen molar-refractivity contribution in [2.75, 3.05) is 0 Å². The van der Waals surface area contributed by atoms with Crippen LogP contribution >= 0.6 is 11.6 Å². The standard InChI is InChI=1S/C17H18ClN3O/c1-3-11(2)10-14(19)15-20-16(21-22-15)17(8-9-17)12-6-4-5-7-13(12)18/h4-7,10,19H,3,8-9H2,1-2H3/b11-10-,19-14?. The molecule has 4 nitrogen and oxygen atoms in total. The smallest absolute Gasteiger partial charge is 0.275 e. The SMILES string of the molecule is CC/C(C)=C\C(=N)c1nc(C2(c3ccccc3Cl)CC2)no1. The van der Waals surface area contributed by atoms with Crippen LogP contribution in [-0.4, -0.2) is 15.9 Å². The molecule has 2 aromatic rings. The Morgan fingerprint density at radius 2 is 2.14 bits per heavy atom. The van der Waals surface area contributed by atoms with Crippen molar-refractivity contribution >= 4 is 17.3 Å². The molecule has 5 heteroatoms.